The summed E-state index contributed by atoms with van der Waals surface area (Å²) >= 11 is 7.04. The maximum Gasteiger partial charge on any atom is 0.195 e. The Morgan fingerprint density at radius 2 is 2.21 bits per heavy atom. The molecule has 124 valence electrons. The Labute approximate surface area is 149 Å². The van der Waals surface area contributed by atoms with Gasteiger partial charge in [-0.15, -0.1) is 11.3 Å². The molecule has 7 heteroatoms. The lowest BCUT2D eigenvalue weighted by atomic mass is 10.2. The summed E-state index contributed by atoms with van der Waals surface area (Å²) in [6.45, 7) is 1.61. The van der Waals surface area contributed by atoms with Crippen LogP contribution >= 0.6 is 23.6 Å². The van der Waals surface area contributed by atoms with Crippen molar-refractivity contribution in [3.8, 4) is 10.6 Å². The van der Waals surface area contributed by atoms with Crippen molar-refractivity contribution in [1.29, 1.82) is 0 Å². The van der Waals surface area contributed by atoms with Crippen LogP contribution in [0.2, 0.25) is 0 Å². The summed E-state index contributed by atoms with van der Waals surface area (Å²) < 4.78 is 8.43. The number of rotatable bonds is 5. The van der Waals surface area contributed by atoms with Crippen LogP contribution in [-0.4, -0.2) is 32.5 Å². The molecular weight excluding hydrogens is 340 g/mol. The van der Waals surface area contributed by atoms with Gasteiger partial charge in [-0.2, -0.15) is 5.10 Å². The Morgan fingerprint density at radius 3 is 3.00 bits per heavy atom. The standard InChI is InChI=1S/C17H18N4OS2/c23-17-20-19-15(21(17)10-14-7-4-8-22-14)9-13-11-24-16(18-13)12-5-2-1-3-6-12/h1-3,5-6,11,14H,4,7-10H2,(H,20,23). The fourth-order valence-electron chi connectivity index (χ4n) is 2.93. The van der Waals surface area contributed by atoms with Gasteiger partial charge in [-0.3, -0.25) is 5.10 Å². The molecule has 0 spiro atoms. The molecule has 1 unspecified atom stereocenters. The second-order valence-corrected chi connectivity index (χ2v) is 7.12. The van der Waals surface area contributed by atoms with Crippen LogP contribution in [0.25, 0.3) is 10.6 Å². The van der Waals surface area contributed by atoms with Crippen molar-refractivity contribution in [1.82, 2.24) is 19.7 Å². The van der Waals surface area contributed by atoms with Crippen LogP contribution in [0.5, 0.6) is 0 Å². The largest absolute Gasteiger partial charge is 0.376 e. The van der Waals surface area contributed by atoms with Gasteiger partial charge >= 0.3 is 0 Å². The molecule has 0 saturated carbocycles. The maximum atomic E-state index is 5.73. The third-order valence-electron chi connectivity index (χ3n) is 4.16. The first-order chi connectivity index (χ1) is 11.8. The molecule has 24 heavy (non-hydrogen) atoms. The number of ether oxygens (including phenoxy) is 1. The van der Waals surface area contributed by atoms with Crippen molar-refractivity contribution >= 4 is 23.6 Å². The predicted octanol–water partition coefficient (Wildman–Crippen LogP) is 3.83. The second kappa shape index (κ2) is 6.96. The number of aromatic amines is 1. The van der Waals surface area contributed by atoms with E-state index in [2.05, 4.69) is 27.7 Å². The minimum absolute atomic E-state index is 0.239. The quantitative estimate of drug-likeness (QED) is 0.704. The Kier molecular flexibility index (Phi) is 4.55. The summed E-state index contributed by atoms with van der Waals surface area (Å²) in [4.78, 5) is 4.74. The van der Waals surface area contributed by atoms with Gasteiger partial charge in [0.2, 0.25) is 0 Å². The first-order valence-corrected chi connectivity index (χ1v) is 9.34. The third-order valence-corrected chi connectivity index (χ3v) is 5.41. The average Bonchev–Trinajstić information content (AvgIpc) is 3.34. The van der Waals surface area contributed by atoms with Crippen molar-refractivity contribution in [3.63, 3.8) is 0 Å². The molecule has 5 nitrogen and oxygen atoms in total. The minimum atomic E-state index is 0.239. The molecule has 4 rings (SSSR count). The Balaban J connectivity index is 1.53. The van der Waals surface area contributed by atoms with Crippen LogP contribution in [0.15, 0.2) is 35.7 Å². The number of nitrogens with one attached hydrogen (secondary N) is 1. The van der Waals surface area contributed by atoms with E-state index in [0.717, 1.165) is 48.1 Å². The number of benzene rings is 1. The van der Waals surface area contributed by atoms with Crippen LogP contribution < -0.4 is 0 Å². The summed E-state index contributed by atoms with van der Waals surface area (Å²) in [5, 5.41) is 10.4. The molecule has 1 aromatic carbocycles. The Bertz CT molecular complexity index is 862. The highest BCUT2D eigenvalue weighted by Gasteiger charge is 2.19. The number of thiazole rings is 1. The van der Waals surface area contributed by atoms with E-state index < -0.39 is 0 Å². The molecule has 1 N–H and O–H groups in total. The molecule has 0 bridgehead atoms. The van der Waals surface area contributed by atoms with Crippen LogP contribution in [0, 0.1) is 4.77 Å². The van der Waals surface area contributed by atoms with E-state index in [1.54, 1.807) is 11.3 Å². The van der Waals surface area contributed by atoms with Crippen LogP contribution in [0.4, 0.5) is 0 Å². The first-order valence-electron chi connectivity index (χ1n) is 8.05. The summed E-state index contributed by atoms with van der Waals surface area (Å²) in [5.41, 5.74) is 2.16. The summed E-state index contributed by atoms with van der Waals surface area (Å²) in [6.07, 6.45) is 3.12. The van der Waals surface area contributed by atoms with Gasteiger partial charge in [0, 0.05) is 17.6 Å². The van der Waals surface area contributed by atoms with Gasteiger partial charge in [-0.1, -0.05) is 30.3 Å². The number of H-pyrrole nitrogens is 1. The molecule has 1 atom stereocenters. The molecule has 0 aliphatic carbocycles. The highest BCUT2D eigenvalue weighted by Crippen LogP contribution is 2.24. The average molecular weight is 358 g/mol. The number of hydrogen-bond acceptors (Lipinski definition) is 5. The molecule has 2 aromatic heterocycles. The molecule has 0 radical (unpaired) electrons. The van der Waals surface area contributed by atoms with Crippen molar-refractivity contribution in [2.24, 2.45) is 0 Å². The monoisotopic (exact) mass is 358 g/mol. The van der Waals surface area contributed by atoms with Crippen LogP contribution in [0.1, 0.15) is 24.4 Å². The Morgan fingerprint density at radius 1 is 1.33 bits per heavy atom. The van der Waals surface area contributed by atoms with Crippen molar-refractivity contribution in [3.05, 3.63) is 52.0 Å². The highest BCUT2D eigenvalue weighted by molar-refractivity contribution is 7.71. The topological polar surface area (TPSA) is 55.7 Å². The maximum absolute atomic E-state index is 5.73. The fourth-order valence-corrected chi connectivity index (χ4v) is 3.98. The lowest BCUT2D eigenvalue weighted by molar-refractivity contribution is 0.0960. The fraction of sp³-hybridized carbons (Fsp3) is 0.353. The third kappa shape index (κ3) is 3.33. The van der Waals surface area contributed by atoms with Gasteiger partial charge in [0.15, 0.2) is 4.77 Å². The molecule has 0 amide bonds. The van der Waals surface area contributed by atoms with Crippen molar-refractivity contribution < 1.29 is 4.74 Å². The lowest BCUT2D eigenvalue weighted by Gasteiger charge is -2.11. The zero-order valence-corrected chi connectivity index (χ0v) is 14.8. The lowest BCUT2D eigenvalue weighted by Crippen LogP contribution is -2.17. The van der Waals surface area contributed by atoms with Gasteiger partial charge in [0.1, 0.15) is 10.8 Å². The van der Waals surface area contributed by atoms with E-state index in [9.17, 15) is 0 Å². The van der Waals surface area contributed by atoms with E-state index in [1.807, 2.05) is 22.8 Å². The molecule has 3 heterocycles. The highest BCUT2D eigenvalue weighted by atomic mass is 32.1. The molecular formula is C17H18N4OS2. The van der Waals surface area contributed by atoms with Crippen LogP contribution in [0.3, 0.4) is 0 Å². The zero-order valence-electron chi connectivity index (χ0n) is 13.1. The smallest absolute Gasteiger partial charge is 0.195 e. The van der Waals surface area contributed by atoms with Crippen LogP contribution in [-0.2, 0) is 17.7 Å². The molecule has 1 saturated heterocycles. The van der Waals surface area contributed by atoms with E-state index >= 15 is 0 Å². The number of hydrogen-bond donors (Lipinski definition) is 1. The SMILES string of the molecule is S=c1[nH]nc(Cc2csc(-c3ccccc3)n2)n1CC1CCCO1. The molecule has 1 fully saturated rings. The molecule has 3 aromatic rings. The van der Waals surface area contributed by atoms with E-state index in [-0.39, 0.29) is 6.10 Å². The van der Waals surface area contributed by atoms with Gasteiger partial charge in [-0.25, -0.2) is 4.98 Å². The first kappa shape index (κ1) is 15.7. The minimum Gasteiger partial charge on any atom is -0.376 e. The Hall–Kier alpha value is -1.83. The van der Waals surface area contributed by atoms with E-state index in [1.165, 1.54) is 0 Å². The van der Waals surface area contributed by atoms with Gasteiger partial charge in [-0.05, 0) is 25.1 Å². The molecule has 1 aliphatic rings. The summed E-state index contributed by atoms with van der Waals surface area (Å²) in [7, 11) is 0. The van der Waals surface area contributed by atoms with E-state index in [0.29, 0.717) is 11.2 Å². The second-order valence-electron chi connectivity index (χ2n) is 5.88. The van der Waals surface area contributed by atoms with Crippen molar-refractivity contribution in [2.45, 2.75) is 31.9 Å². The predicted molar refractivity (Wildman–Crippen MR) is 96.7 cm³/mol. The molecule has 1 aliphatic heterocycles. The number of nitrogens with zero attached hydrogens (tertiary/aromatic N) is 3. The number of aromatic nitrogens is 4. The van der Waals surface area contributed by atoms with Gasteiger partial charge in [0.05, 0.1) is 24.8 Å². The van der Waals surface area contributed by atoms with E-state index in [4.69, 9.17) is 21.9 Å². The van der Waals surface area contributed by atoms with Gasteiger partial charge < -0.3 is 9.30 Å². The summed E-state index contributed by atoms with van der Waals surface area (Å²) in [5.74, 6) is 0.917. The van der Waals surface area contributed by atoms with Crippen molar-refractivity contribution in [2.75, 3.05) is 6.61 Å². The zero-order chi connectivity index (χ0) is 16.4. The normalized spacial score (nSPS) is 17.4. The summed E-state index contributed by atoms with van der Waals surface area (Å²) in [6, 6.07) is 10.2. The van der Waals surface area contributed by atoms with Gasteiger partial charge in [0.25, 0.3) is 0 Å².